The molecule has 0 saturated carbocycles. The maximum Gasteiger partial charge on any atom is 0.431 e. The van der Waals surface area contributed by atoms with Gasteiger partial charge in [0.25, 0.3) is 91.9 Å². The van der Waals surface area contributed by atoms with Crippen LogP contribution in [0.25, 0.3) is 0 Å². The number of nitrogens with two attached hydrogens (primary N) is 1. The number of hydrogen-bond donors (Lipinski definition) is 7. The number of alkyl halides is 3. The average molecular weight is 1680 g/mol. The van der Waals surface area contributed by atoms with Gasteiger partial charge >= 0.3 is 24.0 Å². The predicted molar refractivity (Wildman–Crippen MR) is 382 cm³/mol. The maximum absolute atomic E-state index is 12.3. The number of aliphatic carboxylic acids is 1. The molecule has 0 bridgehead atoms. The Bertz CT molecular complexity index is 5180. The quantitative estimate of drug-likeness (QED) is 0.0316. The van der Waals surface area contributed by atoms with E-state index in [0.29, 0.717) is 11.4 Å². The lowest BCUT2D eigenvalue weighted by Crippen LogP contribution is -2.22. The number of anilines is 6. The van der Waals surface area contributed by atoms with Gasteiger partial charge in [0.1, 0.15) is 17.8 Å². The summed E-state index contributed by atoms with van der Waals surface area (Å²) in [4.78, 5) is 122. The van der Waals surface area contributed by atoms with Crippen molar-refractivity contribution < 1.29 is 141 Å². The molecule has 6 aliphatic rings. The molecule has 0 radical (unpaired) electrons. The van der Waals surface area contributed by atoms with Gasteiger partial charge < -0.3 is 25.7 Å². The number of hydrogen-bond acceptors (Lipinski definition) is 29. The maximum atomic E-state index is 12.3. The predicted octanol–water partition coefficient (Wildman–Crippen LogP) is 3.43. The topological polar surface area (TPSA) is 635 Å². The lowest BCUT2D eigenvalue weighted by atomic mass is 10.2. The summed E-state index contributed by atoms with van der Waals surface area (Å²) in [6.45, 7) is 3.13. The van der Waals surface area contributed by atoms with Crippen LogP contribution >= 0.6 is 0 Å². The third-order valence-electron chi connectivity index (χ3n) is 14.5. The minimum atomic E-state index is -4.54. The summed E-state index contributed by atoms with van der Waals surface area (Å²) < 4.78 is 194. The number of esters is 1. The number of carbonyl (C=O) groups excluding carboxylic acids is 9. The summed E-state index contributed by atoms with van der Waals surface area (Å²) in [5, 5.41) is 46.6. The highest BCUT2D eigenvalue weighted by Crippen LogP contribution is 2.31. The molecule has 51 heteroatoms. The fraction of sp³-hybridized carbons (Fsp3) is 0.161. The van der Waals surface area contributed by atoms with E-state index in [-0.39, 0.29) is 114 Å². The van der Waals surface area contributed by atoms with Crippen molar-refractivity contribution in [1.29, 1.82) is 0 Å². The molecule has 7 amide bonds. The number of ketones is 1. The Morgan fingerprint density at radius 2 is 0.690 bits per heavy atom. The molecule has 6 aromatic carbocycles. The normalized spacial score (nSPS) is 15.6. The van der Waals surface area contributed by atoms with Crippen LogP contribution in [0.4, 0.5) is 47.3 Å². The largest absolute Gasteiger partial charge is 0.477 e. The minimum Gasteiger partial charge on any atom is -0.477 e. The molecule has 6 aromatic rings. The smallest absolute Gasteiger partial charge is 0.431 e. The van der Waals surface area contributed by atoms with E-state index in [0.717, 1.165) is 90.7 Å². The number of amidine groups is 1. The molecule has 113 heavy (non-hydrogen) atoms. The van der Waals surface area contributed by atoms with E-state index in [2.05, 4.69) is 30.6 Å². The van der Waals surface area contributed by atoms with Crippen LogP contribution in [0.2, 0.25) is 0 Å². The molecular formula is C62H53F3N14O29S5. The molecule has 8 N–H and O–H groups in total. The van der Waals surface area contributed by atoms with Gasteiger partial charge in [-0.1, -0.05) is 18.2 Å². The average Bonchev–Trinajstić information content (AvgIpc) is 1.83. The van der Waals surface area contributed by atoms with Crippen LogP contribution in [-0.2, 0) is 103 Å². The van der Waals surface area contributed by atoms with E-state index in [1.54, 1.807) is 25.1 Å². The molecule has 6 aliphatic heterocycles. The van der Waals surface area contributed by atoms with Crippen LogP contribution in [0.1, 0.15) is 52.4 Å². The van der Waals surface area contributed by atoms with Gasteiger partial charge in [0, 0.05) is 6.92 Å². The first kappa shape index (κ1) is 87.2. The van der Waals surface area contributed by atoms with E-state index in [1.165, 1.54) is 79.7 Å². The van der Waals surface area contributed by atoms with Gasteiger partial charge in [-0.05, 0) is 145 Å². The van der Waals surface area contributed by atoms with Gasteiger partial charge in [-0.2, -0.15) is 95.8 Å². The third kappa shape index (κ3) is 23.3. The van der Waals surface area contributed by atoms with E-state index >= 15 is 0 Å². The molecule has 43 nitrogen and oxygen atoms in total. The molecule has 0 saturated heterocycles. The Morgan fingerprint density at radius 3 is 0.947 bits per heavy atom. The van der Waals surface area contributed by atoms with Crippen molar-refractivity contribution in [3.8, 4) is 0 Å². The zero-order valence-corrected chi connectivity index (χ0v) is 61.1. The highest BCUT2D eigenvalue weighted by Gasteiger charge is 2.43. The number of hydrazone groups is 6. The van der Waals surface area contributed by atoms with Gasteiger partial charge in [0.15, 0.2) is 22.9 Å². The Balaban J connectivity index is 0.000000188. The molecule has 0 aromatic heterocycles. The number of primary amides is 1. The van der Waals surface area contributed by atoms with Crippen molar-refractivity contribution in [2.45, 2.75) is 83.0 Å². The summed E-state index contributed by atoms with van der Waals surface area (Å²) in [6, 6.07) is 31.9. The van der Waals surface area contributed by atoms with Gasteiger partial charge in [0.05, 0.1) is 102 Å². The highest BCUT2D eigenvalue weighted by atomic mass is 32.2. The second-order valence-electron chi connectivity index (χ2n) is 22.4. The number of halogens is 3. The first-order valence-corrected chi connectivity index (χ1v) is 37.9. The molecule has 6 heterocycles. The summed E-state index contributed by atoms with van der Waals surface area (Å²) in [6.07, 6.45) is -6.44. The van der Waals surface area contributed by atoms with E-state index < -0.39 is 133 Å². The van der Waals surface area contributed by atoms with Gasteiger partial charge in [0.2, 0.25) is 0 Å². The number of para-hydroxylation sites is 1. The lowest BCUT2D eigenvalue weighted by Gasteiger charge is -2.11. The number of rotatable bonds is 16. The van der Waals surface area contributed by atoms with E-state index in [1.807, 2.05) is 0 Å². The van der Waals surface area contributed by atoms with Crippen molar-refractivity contribution in [3.63, 3.8) is 0 Å². The van der Waals surface area contributed by atoms with Gasteiger partial charge in [-0.15, -0.1) is 5.01 Å². The standard InChI is InChI=1S/C12H12N2O6S.C11H10N2O5S.C10H7F3N2O.C10H9N3O5S.C10H8N2O6S.C9H7N3O6S/c1-2-20-12(16)10-7-11(15)14(13-10)8-3-5-9(6-4-8)21(17,18)19;1-7(14)10-6-11(15)13(12-10)8-2-4-9(5-3-8)19(16,17)18;11-10(12,13)8-6-9(16)15(14-8)7-4-2-1-3-5-7;11-10(15)8-5-9(14)13(12-8)6-1-3-7(4-2-6)19(16,17)18;13-9-5-8(10(14)15)11-12(9)6-1-3-7(4-2-6)19(16,17)18;13-9-5-8(12(14)15)10-11(9)6-1-3-7(4-2-6)19(16,17)18/h3-6H,2,7H2,1H3,(H,17,18,19);2-5H,6H2,1H3,(H,16,17,18);1-5H,6H2;1-4H,5H2,(H2,11,15)(H,16,17,18);1-4H,5H2,(H,14,15)(H,16,17,18);1-4H,5H2,(H,16,17,18). The summed E-state index contributed by atoms with van der Waals surface area (Å²) in [5.74, 6) is -6.55. The van der Waals surface area contributed by atoms with Crippen molar-refractivity contribution in [2.75, 3.05) is 36.7 Å². The second kappa shape index (κ2) is 35.3. The molecule has 0 aliphatic carbocycles. The van der Waals surface area contributed by atoms with E-state index in [4.69, 9.17) is 38.3 Å². The monoisotopic (exact) mass is 1670 g/mol. The number of amides is 7. The zero-order valence-electron chi connectivity index (χ0n) is 57.0. The van der Waals surface area contributed by atoms with Crippen LogP contribution < -0.4 is 35.8 Å². The van der Waals surface area contributed by atoms with Crippen LogP contribution in [0.3, 0.4) is 0 Å². The Labute approximate surface area is 633 Å². The zero-order chi connectivity index (χ0) is 84.2. The molecule has 0 atom stereocenters. The van der Waals surface area contributed by atoms with Crippen molar-refractivity contribution in [3.05, 3.63) is 162 Å². The first-order chi connectivity index (χ1) is 52.5. The number of nitro groups is 1. The summed E-state index contributed by atoms with van der Waals surface area (Å²) in [5.41, 5.74) is 5.37. The number of Topliss-reactive ketones (excluding diaryl/α,β-unsaturated/α-hetero) is 1. The molecule has 12 rings (SSSR count). The van der Waals surface area contributed by atoms with Crippen molar-refractivity contribution in [2.24, 2.45) is 36.3 Å². The number of benzene rings is 6. The molecule has 0 spiro atoms. The Kier molecular flexibility index (Phi) is 27.3. The van der Waals surface area contributed by atoms with Crippen molar-refractivity contribution in [1.82, 2.24) is 0 Å². The van der Waals surface area contributed by atoms with Crippen molar-refractivity contribution >= 4 is 178 Å². The van der Waals surface area contributed by atoms with Crippen LogP contribution in [0, 0.1) is 10.1 Å². The molecule has 0 unspecified atom stereocenters. The summed E-state index contributed by atoms with van der Waals surface area (Å²) in [7, 11) is -21.5. The number of carbonyl (C=O) groups is 10. The third-order valence-corrected chi connectivity index (χ3v) is 18.9. The number of carboxylic acid groups (broad SMARTS) is 1. The fourth-order valence-corrected chi connectivity index (χ4v) is 11.6. The summed E-state index contributed by atoms with van der Waals surface area (Å²) >= 11 is 0. The SMILES string of the molecule is CC(=O)C1=NN(c2ccc(S(=O)(=O)O)cc2)C(=O)C1.CCOC(=O)C1=NN(c2ccc(S(=O)(=O)O)cc2)C(=O)C1.NC(=O)C1=NN(c2ccc(S(=O)(=O)O)cc2)C(=O)C1.O=C(O)C1=NN(c2ccc(S(=O)(=O)O)cc2)C(=O)C1.O=C1CC(C(F)(F)F)=NN1c1ccccc1.O=C1CC([N+](=O)[O-])=NN1c1ccc(S(=O)(=O)O)cc1. The Hall–Kier alpha value is -13.0. The molecular weight excluding hydrogens is 1620 g/mol. The van der Waals surface area contributed by atoms with Gasteiger partial charge in [-0.3, -0.25) is 61.1 Å². The highest BCUT2D eigenvalue weighted by molar-refractivity contribution is 7.86. The van der Waals surface area contributed by atoms with Crippen LogP contribution in [0.5, 0.6) is 0 Å². The minimum absolute atomic E-state index is 0.0132. The van der Waals surface area contributed by atoms with E-state index in [9.17, 15) is 113 Å². The number of carboxylic acids is 1. The van der Waals surface area contributed by atoms with Gasteiger partial charge in [-0.25, -0.2) is 19.6 Å². The fourth-order valence-electron chi connectivity index (χ4n) is 9.18. The number of ether oxygens (including phenoxy) is 1. The lowest BCUT2D eigenvalue weighted by molar-refractivity contribution is -0.352. The molecule has 0 fully saturated rings. The second-order valence-corrected chi connectivity index (χ2v) is 29.5. The number of nitrogens with zero attached hydrogens (tertiary/aromatic N) is 13. The van der Waals surface area contributed by atoms with Crippen LogP contribution in [-0.4, -0.2) is 181 Å². The molecule has 596 valence electrons. The van der Waals surface area contributed by atoms with Crippen LogP contribution in [0.15, 0.2) is 207 Å². The first-order valence-electron chi connectivity index (χ1n) is 30.7. The Morgan fingerprint density at radius 1 is 0.425 bits per heavy atom.